The zero-order chi connectivity index (χ0) is 21.0. The Kier molecular flexibility index (Phi) is 6.17. The van der Waals surface area contributed by atoms with Crippen molar-refractivity contribution in [2.45, 2.75) is 30.3 Å². The largest absolute Gasteiger partial charge is 0.433 e. The van der Waals surface area contributed by atoms with Crippen molar-refractivity contribution in [1.29, 1.82) is 0 Å². The molecule has 1 N–H and O–H groups in total. The fourth-order valence-electron chi connectivity index (χ4n) is 2.83. The molecule has 1 amide bonds. The van der Waals surface area contributed by atoms with Crippen molar-refractivity contribution >= 4 is 22.4 Å². The molecular formula is C20H18F3N3O2S. The van der Waals surface area contributed by atoms with Gasteiger partial charge in [-0.2, -0.15) is 18.3 Å². The summed E-state index contributed by atoms with van der Waals surface area (Å²) < 4.78 is 53.2. The van der Waals surface area contributed by atoms with Crippen molar-refractivity contribution in [3.8, 4) is 0 Å². The average molecular weight is 421 g/mol. The van der Waals surface area contributed by atoms with Gasteiger partial charge in [-0.3, -0.25) is 13.7 Å². The highest BCUT2D eigenvalue weighted by Crippen LogP contribution is 2.32. The third-order valence-corrected chi connectivity index (χ3v) is 5.53. The molecule has 0 radical (unpaired) electrons. The van der Waals surface area contributed by atoms with Crippen LogP contribution in [0.1, 0.15) is 28.5 Å². The lowest BCUT2D eigenvalue weighted by atomic mass is 10.2. The van der Waals surface area contributed by atoms with E-state index in [0.717, 1.165) is 10.9 Å². The molecule has 1 aromatic heterocycles. The first-order valence-corrected chi connectivity index (χ1v) is 10.1. The molecule has 0 aliphatic rings. The van der Waals surface area contributed by atoms with Gasteiger partial charge in [0.15, 0.2) is 5.69 Å². The second kappa shape index (κ2) is 8.60. The molecule has 0 saturated heterocycles. The number of carbonyl (C=O) groups excluding carboxylic acids is 1. The molecule has 152 valence electrons. The second-order valence-electron chi connectivity index (χ2n) is 6.18. The summed E-state index contributed by atoms with van der Waals surface area (Å²) in [4.78, 5) is 13.1. The third-order valence-electron chi connectivity index (χ3n) is 4.14. The van der Waals surface area contributed by atoms with E-state index in [1.165, 1.54) is 6.92 Å². The minimum absolute atomic E-state index is 0.0110. The normalized spacial score (nSPS) is 12.6. The summed E-state index contributed by atoms with van der Waals surface area (Å²) in [5.41, 5.74) is -0.628. The maximum absolute atomic E-state index is 13.3. The molecule has 0 aliphatic heterocycles. The number of nitrogens with one attached hydrogen (secondary N) is 1. The van der Waals surface area contributed by atoms with Crippen molar-refractivity contribution in [3.63, 3.8) is 0 Å². The number of anilines is 1. The van der Waals surface area contributed by atoms with Gasteiger partial charge in [-0.1, -0.05) is 30.3 Å². The molecule has 0 aliphatic carbocycles. The Morgan fingerprint density at radius 1 is 1.14 bits per heavy atom. The van der Waals surface area contributed by atoms with Crippen LogP contribution < -0.4 is 5.32 Å². The highest BCUT2D eigenvalue weighted by Gasteiger charge is 2.39. The number of amides is 1. The predicted molar refractivity (Wildman–Crippen MR) is 104 cm³/mol. The quantitative estimate of drug-likeness (QED) is 0.638. The first kappa shape index (κ1) is 20.8. The van der Waals surface area contributed by atoms with Gasteiger partial charge in [0.1, 0.15) is 0 Å². The van der Waals surface area contributed by atoms with E-state index >= 15 is 0 Å². The van der Waals surface area contributed by atoms with Crippen molar-refractivity contribution in [2.24, 2.45) is 0 Å². The Bertz CT molecular complexity index is 1030. The molecule has 2 aromatic carbocycles. The Morgan fingerprint density at radius 3 is 2.52 bits per heavy atom. The predicted octanol–water partition coefficient (Wildman–Crippen LogP) is 4.48. The number of halogens is 3. The van der Waals surface area contributed by atoms with Crippen molar-refractivity contribution in [1.82, 2.24) is 9.78 Å². The number of carbonyl (C=O) groups is 1. The Labute approximate surface area is 168 Å². The molecule has 3 rings (SSSR count). The zero-order valence-corrected chi connectivity index (χ0v) is 16.3. The van der Waals surface area contributed by atoms with E-state index in [1.807, 2.05) is 6.07 Å². The van der Waals surface area contributed by atoms with Crippen LogP contribution in [0.2, 0.25) is 0 Å². The summed E-state index contributed by atoms with van der Waals surface area (Å²) in [6.07, 6.45) is -3.79. The fraction of sp³-hybridized carbons (Fsp3) is 0.200. The van der Waals surface area contributed by atoms with Crippen LogP contribution in [-0.4, -0.2) is 19.9 Å². The minimum atomic E-state index is -4.70. The average Bonchev–Trinajstić information content (AvgIpc) is 3.14. The summed E-state index contributed by atoms with van der Waals surface area (Å²) in [5, 5.41) is 6.12. The molecule has 0 spiro atoms. The highest BCUT2D eigenvalue weighted by molar-refractivity contribution is 7.84. The molecule has 1 unspecified atom stereocenters. The van der Waals surface area contributed by atoms with Gasteiger partial charge in [0.2, 0.25) is 0 Å². The molecule has 0 saturated carbocycles. The molecule has 3 aromatic rings. The Morgan fingerprint density at radius 2 is 1.86 bits per heavy atom. The lowest BCUT2D eigenvalue weighted by Crippen LogP contribution is -2.21. The van der Waals surface area contributed by atoms with Gasteiger partial charge in [-0.05, 0) is 36.8 Å². The lowest BCUT2D eigenvalue weighted by Gasteiger charge is -2.12. The number of nitrogens with zero attached hydrogens (tertiary/aromatic N) is 2. The number of hydrogen-bond donors (Lipinski definition) is 1. The number of aromatic nitrogens is 2. The van der Waals surface area contributed by atoms with Crippen molar-refractivity contribution in [2.75, 3.05) is 5.32 Å². The molecule has 0 fully saturated rings. The summed E-state index contributed by atoms with van der Waals surface area (Å²) in [7, 11) is -1.28. The van der Waals surface area contributed by atoms with Gasteiger partial charge in [-0.15, -0.1) is 0 Å². The molecular weight excluding hydrogens is 403 g/mol. The lowest BCUT2D eigenvalue weighted by molar-refractivity contribution is -0.144. The van der Waals surface area contributed by atoms with E-state index in [1.54, 1.807) is 48.5 Å². The first-order valence-electron chi connectivity index (χ1n) is 8.76. The summed E-state index contributed by atoms with van der Waals surface area (Å²) >= 11 is 0. The van der Waals surface area contributed by atoms with Crippen LogP contribution in [0.4, 0.5) is 18.9 Å². The molecule has 5 nitrogen and oxygen atoms in total. The number of benzene rings is 2. The monoisotopic (exact) mass is 421 g/mol. The van der Waals surface area contributed by atoms with Gasteiger partial charge in [-0.25, -0.2) is 0 Å². The third kappa shape index (κ3) is 4.92. The van der Waals surface area contributed by atoms with Crippen LogP contribution in [0, 0.1) is 0 Å². The van der Waals surface area contributed by atoms with Gasteiger partial charge in [0.25, 0.3) is 5.91 Å². The minimum Gasteiger partial charge on any atom is -0.322 e. The van der Waals surface area contributed by atoms with Crippen LogP contribution >= 0.6 is 0 Å². The molecule has 9 heteroatoms. The Hall–Kier alpha value is -2.94. The summed E-state index contributed by atoms with van der Waals surface area (Å²) in [5.74, 6) is -0.687. The van der Waals surface area contributed by atoms with Gasteiger partial charge >= 0.3 is 6.18 Å². The van der Waals surface area contributed by atoms with Gasteiger partial charge in [0.05, 0.1) is 28.3 Å². The zero-order valence-electron chi connectivity index (χ0n) is 15.4. The van der Waals surface area contributed by atoms with Crippen molar-refractivity contribution < 1.29 is 22.2 Å². The maximum atomic E-state index is 13.3. The second-order valence-corrected chi connectivity index (χ2v) is 7.63. The topological polar surface area (TPSA) is 64.0 Å². The SMILES string of the molecule is CCn1ncc(C(=O)Nc2cccc(CS(=O)c3ccccc3)c2)c1C(F)(F)F. The molecule has 1 atom stereocenters. The van der Waals surface area contributed by atoms with Crippen LogP contribution in [0.25, 0.3) is 0 Å². The molecule has 0 bridgehead atoms. The van der Waals surface area contributed by atoms with Crippen LogP contribution in [-0.2, 0) is 29.3 Å². The van der Waals surface area contributed by atoms with E-state index in [9.17, 15) is 22.2 Å². The van der Waals surface area contributed by atoms with E-state index in [2.05, 4.69) is 10.4 Å². The van der Waals surface area contributed by atoms with E-state index in [-0.39, 0.29) is 12.3 Å². The highest BCUT2D eigenvalue weighted by atomic mass is 32.2. The van der Waals surface area contributed by atoms with E-state index in [0.29, 0.717) is 16.1 Å². The first-order chi connectivity index (χ1) is 13.8. The van der Waals surface area contributed by atoms with Gasteiger partial charge in [0, 0.05) is 17.1 Å². The maximum Gasteiger partial charge on any atom is 0.433 e. The summed E-state index contributed by atoms with van der Waals surface area (Å²) in [6, 6.07) is 15.5. The van der Waals surface area contributed by atoms with Gasteiger partial charge < -0.3 is 5.32 Å². The van der Waals surface area contributed by atoms with Crippen LogP contribution in [0.5, 0.6) is 0 Å². The number of aryl methyl sites for hydroxylation is 1. The van der Waals surface area contributed by atoms with E-state index in [4.69, 9.17) is 0 Å². The Balaban J connectivity index is 1.78. The molecule has 29 heavy (non-hydrogen) atoms. The molecule has 1 heterocycles. The van der Waals surface area contributed by atoms with E-state index < -0.39 is 34.1 Å². The number of rotatable bonds is 6. The summed E-state index contributed by atoms with van der Waals surface area (Å²) in [6.45, 7) is 1.50. The van der Waals surface area contributed by atoms with Crippen molar-refractivity contribution in [3.05, 3.63) is 77.6 Å². The standard InChI is InChI=1S/C20H18F3N3O2S/c1-2-26-18(20(21,22)23)17(12-24-26)19(27)25-15-8-6-7-14(11-15)13-29(28)16-9-4-3-5-10-16/h3-12H,2,13H2,1H3,(H,25,27). The smallest absolute Gasteiger partial charge is 0.322 e. The van der Waals surface area contributed by atoms with Crippen LogP contribution in [0.3, 0.4) is 0 Å². The van der Waals surface area contributed by atoms with Crippen LogP contribution in [0.15, 0.2) is 65.7 Å². The number of alkyl halides is 3. The number of hydrogen-bond acceptors (Lipinski definition) is 3. The fourth-order valence-corrected chi connectivity index (χ4v) is 3.94.